The molecule has 0 spiro atoms. The molecule has 0 N–H and O–H groups in total. The van der Waals surface area contributed by atoms with Crippen molar-refractivity contribution in [2.45, 2.75) is 45.7 Å². The molecule has 1 saturated heterocycles. The first-order valence-corrected chi connectivity index (χ1v) is 9.76. The Labute approximate surface area is 161 Å². The van der Waals surface area contributed by atoms with Crippen molar-refractivity contribution in [3.8, 4) is 5.75 Å². The van der Waals surface area contributed by atoms with E-state index in [1.807, 2.05) is 35.2 Å². The summed E-state index contributed by atoms with van der Waals surface area (Å²) in [5, 5.41) is 0. The quantitative estimate of drug-likeness (QED) is 0.728. The van der Waals surface area contributed by atoms with Gasteiger partial charge in [0.1, 0.15) is 5.75 Å². The van der Waals surface area contributed by atoms with Gasteiger partial charge in [-0.05, 0) is 37.0 Å². The first kappa shape index (κ1) is 19.5. The van der Waals surface area contributed by atoms with Crippen LogP contribution in [0.1, 0.15) is 38.7 Å². The van der Waals surface area contributed by atoms with Gasteiger partial charge in [0.15, 0.2) is 0 Å². The van der Waals surface area contributed by atoms with E-state index in [-0.39, 0.29) is 11.9 Å². The van der Waals surface area contributed by atoms with E-state index in [1.54, 1.807) is 19.6 Å². The summed E-state index contributed by atoms with van der Waals surface area (Å²) in [4.78, 5) is 17.5. The molecule has 2 heterocycles. The molecule has 0 saturated carbocycles. The fourth-order valence-electron chi connectivity index (χ4n) is 3.74. The minimum atomic E-state index is 0.200. The third kappa shape index (κ3) is 5.13. The van der Waals surface area contributed by atoms with Crippen molar-refractivity contribution in [2.75, 3.05) is 25.1 Å². The van der Waals surface area contributed by atoms with E-state index >= 15 is 0 Å². The van der Waals surface area contributed by atoms with Gasteiger partial charge in [-0.2, -0.15) is 0 Å². The molecule has 0 unspecified atom stereocenters. The molecule has 5 nitrogen and oxygen atoms in total. The molecule has 27 heavy (non-hydrogen) atoms. The monoisotopic (exact) mass is 370 g/mol. The van der Waals surface area contributed by atoms with Crippen LogP contribution in [-0.4, -0.2) is 37.0 Å². The number of carbonyl (C=O) groups excluding carboxylic acids is 1. The molecule has 1 amide bonds. The van der Waals surface area contributed by atoms with Gasteiger partial charge < -0.3 is 14.1 Å². The second-order valence-electron chi connectivity index (χ2n) is 7.70. The van der Waals surface area contributed by atoms with Crippen molar-refractivity contribution in [2.24, 2.45) is 5.92 Å². The molecule has 1 aliphatic heterocycles. The predicted octanol–water partition coefficient (Wildman–Crippen LogP) is 4.33. The Morgan fingerprint density at radius 3 is 2.70 bits per heavy atom. The topological polar surface area (TPSA) is 45.9 Å². The van der Waals surface area contributed by atoms with Gasteiger partial charge in [0.05, 0.1) is 19.6 Å². The molecule has 1 aliphatic rings. The minimum Gasteiger partial charge on any atom is -0.497 e. The summed E-state index contributed by atoms with van der Waals surface area (Å²) in [5.41, 5.74) is 2.14. The number of nitrogens with zero attached hydrogens (tertiary/aromatic N) is 2. The lowest BCUT2D eigenvalue weighted by Gasteiger charge is -2.39. The summed E-state index contributed by atoms with van der Waals surface area (Å²) in [7, 11) is 1.66. The van der Waals surface area contributed by atoms with Crippen LogP contribution in [0.4, 0.5) is 5.69 Å². The number of hydrogen-bond donors (Lipinski definition) is 0. The van der Waals surface area contributed by atoms with Crippen molar-refractivity contribution in [3.63, 3.8) is 0 Å². The molecule has 2 aromatic rings. The first-order chi connectivity index (χ1) is 13.1. The Balaban J connectivity index is 1.72. The largest absolute Gasteiger partial charge is 0.497 e. The number of carbonyl (C=O) groups is 1. The van der Waals surface area contributed by atoms with Crippen LogP contribution < -0.4 is 9.64 Å². The van der Waals surface area contributed by atoms with E-state index in [1.165, 1.54) is 5.56 Å². The Bertz CT molecular complexity index is 719. The Morgan fingerprint density at radius 1 is 1.30 bits per heavy atom. The fourth-order valence-corrected chi connectivity index (χ4v) is 3.74. The second kappa shape index (κ2) is 9.09. The van der Waals surface area contributed by atoms with E-state index < -0.39 is 0 Å². The van der Waals surface area contributed by atoms with Crippen LogP contribution in [0.25, 0.3) is 0 Å². The number of rotatable bonds is 7. The van der Waals surface area contributed by atoms with E-state index in [2.05, 4.69) is 18.7 Å². The zero-order valence-electron chi connectivity index (χ0n) is 16.6. The van der Waals surface area contributed by atoms with Gasteiger partial charge in [-0.25, -0.2) is 0 Å². The van der Waals surface area contributed by atoms with Crippen LogP contribution in [0.5, 0.6) is 5.75 Å². The molecular weight excluding hydrogens is 340 g/mol. The Hall–Kier alpha value is -2.27. The SMILES string of the molecule is COc1cccc(N(C(=O)CC(C)C)C2CCN(Cc3ccoc3)CC2)c1. The molecule has 1 aromatic heterocycles. The minimum absolute atomic E-state index is 0.200. The molecule has 0 aliphatic carbocycles. The van der Waals surface area contributed by atoms with E-state index in [0.29, 0.717) is 12.3 Å². The van der Waals surface area contributed by atoms with Gasteiger partial charge in [-0.3, -0.25) is 9.69 Å². The summed E-state index contributed by atoms with van der Waals surface area (Å²) in [6.07, 6.45) is 6.03. The Morgan fingerprint density at radius 2 is 2.07 bits per heavy atom. The number of benzene rings is 1. The van der Waals surface area contributed by atoms with Crippen LogP contribution in [-0.2, 0) is 11.3 Å². The number of anilines is 1. The molecule has 5 heteroatoms. The number of hydrogen-bond acceptors (Lipinski definition) is 4. The molecular formula is C22H30N2O3. The summed E-state index contributed by atoms with van der Waals surface area (Å²) in [6, 6.07) is 10.1. The molecule has 0 bridgehead atoms. The van der Waals surface area contributed by atoms with Crippen molar-refractivity contribution in [3.05, 3.63) is 48.4 Å². The molecule has 0 atom stereocenters. The zero-order chi connectivity index (χ0) is 19.2. The Kier molecular flexibility index (Phi) is 6.56. The molecule has 0 radical (unpaired) electrons. The smallest absolute Gasteiger partial charge is 0.227 e. The van der Waals surface area contributed by atoms with Crippen LogP contribution in [0.2, 0.25) is 0 Å². The highest BCUT2D eigenvalue weighted by Gasteiger charge is 2.29. The van der Waals surface area contributed by atoms with E-state index in [9.17, 15) is 4.79 Å². The molecule has 1 aromatic carbocycles. The average molecular weight is 370 g/mol. The van der Waals surface area contributed by atoms with Gasteiger partial charge >= 0.3 is 0 Å². The third-order valence-electron chi connectivity index (χ3n) is 5.09. The molecule has 1 fully saturated rings. The lowest BCUT2D eigenvalue weighted by molar-refractivity contribution is -0.120. The lowest BCUT2D eigenvalue weighted by Crippen LogP contribution is -2.47. The normalized spacial score (nSPS) is 15.9. The van der Waals surface area contributed by atoms with Gasteiger partial charge in [-0.1, -0.05) is 19.9 Å². The van der Waals surface area contributed by atoms with Crippen LogP contribution in [0.3, 0.4) is 0 Å². The number of ether oxygens (including phenoxy) is 1. The zero-order valence-corrected chi connectivity index (χ0v) is 16.6. The second-order valence-corrected chi connectivity index (χ2v) is 7.70. The van der Waals surface area contributed by atoms with E-state index in [4.69, 9.17) is 9.15 Å². The summed E-state index contributed by atoms with van der Waals surface area (Å²) >= 11 is 0. The average Bonchev–Trinajstić information content (AvgIpc) is 3.16. The van der Waals surface area contributed by atoms with Crippen molar-refractivity contribution in [1.82, 2.24) is 4.90 Å². The highest BCUT2D eigenvalue weighted by molar-refractivity contribution is 5.94. The lowest BCUT2D eigenvalue weighted by atomic mass is 10.00. The molecule has 146 valence electrons. The molecule has 3 rings (SSSR count). The standard InChI is InChI=1S/C22H30N2O3/c1-17(2)13-22(25)24(20-5-4-6-21(14-20)26-3)19-7-10-23(11-8-19)15-18-9-12-27-16-18/h4-6,9,12,14,16-17,19H,7-8,10-11,13,15H2,1-3H3. The maximum atomic E-state index is 13.0. The first-order valence-electron chi connectivity index (χ1n) is 9.76. The summed E-state index contributed by atoms with van der Waals surface area (Å²) in [6.45, 7) is 7.04. The number of amides is 1. The van der Waals surface area contributed by atoms with Crippen molar-refractivity contribution >= 4 is 11.6 Å². The van der Waals surface area contributed by atoms with Crippen LogP contribution >= 0.6 is 0 Å². The maximum Gasteiger partial charge on any atom is 0.227 e. The van der Waals surface area contributed by atoms with E-state index in [0.717, 1.165) is 43.9 Å². The predicted molar refractivity (Wildman–Crippen MR) is 107 cm³/mol. The third-order valence-corrected chi connectivity index (χ3v) is 5.09. The van der Waals surface area contributed by atoms with Gasteiger partial charge in [0.2, 0.25) is 5.91 Å². The summed E-state index contributed by atoms with van der Waals surface area (Å²) in [5.74, 6) is 1.32. The summed E-state index contributed by atoms with van der Waals surface area (Å²) < 4.78 is 10.5. The fraction of sp³-hybridized carbons (Fsp3) is 0.500. The van der Waals surface area contributed by atoms with Gasteiger partial charge in [-0.15, -0.1) is 0 Å². The number of furan rings is 1. The van der Waals surface area contributed by atoms with Crippen LogP contribution in [0, 0.1) is 5.92 Å². The van der Waals surface area contributed by atoms with Gasteiger partial charge in [0.25, 0.3) is 0 Å². The van der Waals surface area contributed by atoms with Gasteiger partial charge in [0, 0.05) is 49.4 Å². The maximum absolute atomic E-state index is 13.0. The number of likely N-dealkylation sites (tertiary alicyclic amines) is 1. The number of methoxy groups -OCH3 is 1. The van der Waals surface area contributed by atoms with Crippen molar-refractivity contribution in [1.29, 1.82) is 0 Å². The highest BCUT2D eigenvalue weighted by atomic mass is 16.5. The number of piperidine rings is 1. The highest BCUT2D eigenvalue weighted by Crippen LogP contribution is 2.28. The van der Waals surface area contributed by atoms with Crippen LogP contribution in [0.15, 0.2) is 47.3 Å². The van der Waals surface area contributed by atoms with Crippen molar-refractivity contribution < 1.29 is 13.9 Å².